The number of rotatable bonds is 6. The van der Waals surface area contributed by atoms with Crippen molar-refractivity contribution in [3.63, 3.8) is 0 Å². The van der Waals surface area contributed by atoms with Gasteiger partial charge >= 0.3 is 11.9 Å². The molecule has 0 unspecified atom stereocenters. The van der Waals surface area contributed by atoms with Gasteiger partial charge in [-0.2, -0.15) is 0 Å². The van der Waals surface area contributed by atoms with Gasteiger partial charge in [0.2, 0.25) is 0 Å². The van der Waals surface area contributed by atoms with Gasteiger partial charge in [0.05, 0.1) is 11.1 Å². The Morgan fingerprint density at radius 3 is 0.761 bits per heavy atom. The van der Waals surface area contributed by atoms with Crippen LogP contribution in [0.2, 0.25) is 0 Å². The minimum Gasteiger partial charge on any atom is -0.423 e. The average Bonchev–Trinajstić information content (AvgIpc) is 3.36. The lowest BCUT2D eigenvalue weighted by Crippen LogP contribution is -2.08. The maximum atomic E-state index is 11.8. The fourth-order valence-corrected chi connectivity index (χ4v) is 6.30. The summed E-state index contributed by atoms with van der Waals surface area (Å²) < 4.78 is 10.5. The highest BCUT2D eigenvalue weighted by molar-refractivity contribution is 5.91. The Morgan fingerprint density at radius 1 is 0.282 bits per heavy atom. The zero-order valence-corrected chi connectivity index (χ0v) is 42.2. The zero-order valence-electron chi connectivity index (χ0n) is 42.2. The fraction of sp³-hybridized carbons (Fsp3) is 0.169. The molecule has 0 bridgehead atoms. The summed E-state index contributed by atoms with van der Waals surface area (Å²) in [6.45, 7) is 20.4. The number of carbonyl (C=O) groups excluding carboxylic acids is 2. The van der Waals surface area contributed by atoms with Crippen molar-refractivity contribution in [2.75, 3.05) is 0 Å². The van der Waals surface area contributed by atoms with E-state index in [4.69, 9.17) is 9.47 Å². The van der Waals surface area contributed by atoms with E-state index < -0.39 is 0 Å². The van der Waals surface area contributed by atoms with Gasteiger partial charge in [-0.15, -0.1) is 0 Å². The molecule has 6 heteroatoms. The molecule has 362 valence electrons. The van der Waals surface area contributed by atoms with Crippen LogP contribution in [0.4, 0.5) is 0 Å². The Labute approximate surface area is 423 Å². The molecule has 6 nitrogen and oxygen atoms in total. The molecule has 0 aliphatic rings. The van der Waals surface area contributed by atoms with Crippen LogP contribution in [0.5, 0.6) is 11.5 Å². The predicted octanol–water partition coefficient (Wildman–Crippen LogP) is 16.7. The molecule has 71 heavy (non-hydrogen) atoms. The second-order valence-electron chi connectivity index (χ2n) is 17.5. The van der Waals surface area contributed by atoms with Gasteiger partial charge in [0.25, 0.3) is 0 Å². The van der Waals surface area contributed by atoms with Gasteiger partial charge in [-0.05, 0) is 134 Å². The van der Waals surface area contributed by atoms with Crippen molar-refractivity contribution in [3.05, 3.63) is 273 Å². The highest BCUT2D eigenvalue weighted by atomic mass is 16.5. The summed E-state index contributed by atoms with van der Waals surface area (Å²) in [5.41, 5.74) is 16.9. The minimum absolute atomic E-state index is 0. The third kappa shape index (κ3) is 19.7. The van der Waals surface area contributed by atoms with Gasteiger partial charge in [0.15, 0.2) is 5.82 Å². The number of aromatic nitrogens is 2. The molecule has 9 aromatic rings. The quantitative estimate of drug-likeness (QED) is 0.122. The topological polar surface area (TPSA) is 78.4 Å². The molecule has 1 aromatic heterocycles. The van der Waals surface area contributed by atoms with E-state index in [0.717, 1.165) is 39.2 Å². The van der Waals surface area contributed by atoms with Crippen LogP contribution >= 0.6 is 0 Å². The summed E-state index contributed by atoms with van der Waals surface area (Å²) in [5.74, 6) is 1.28. The van der Waals surface area contributed by atoms with Crippen LogP contribution in [0.25, 0.3) is 22.5 Å². The lowest BCUT2D eigenvalue weighted by Gasteiger charge is -2.04. The van der Waals surface area contributed by atoms with E-state index in [2.05, 4.69) is 130 Å². The van der Waals surface area contributed by atoms with Crippen molar-refractivity contribution in [3.8, 4) is 34.0 Å². The first-order chi connectivity index (χ1) is 33.6. The number of ether oxygens (including phenoxy) is 2. The Bertz CT molecular complexity index is 2670. The molecule has 0 radical (unpaired) electrons. The van der Waals surface area contributed by atoms with Crippen LogP contribution in [-0.2, 0) is 0 Å². The lowest BCUT2D eigenvalue weighted by molar-refractivity contribution is 0.0725. The first-order valence-electron chi connectivity index (χ1n) is 23.3. The van der Waals surface area contributed by atoms with E-state index in [1.807, 2.05) is 108 Å². The first-order valence-corrected chi connectivity index (χ1v) is 23.3. The molecular weight excluding hydrogens is 873 g/mol. The molecule has 9 rings (SSSR count). The number of nitrogens with zero attached hydrogens (tertiary/aromatic N) is 2. The fourth-order valence-electron chi connectivity index (χ4n) is 6.30. The standard InChI is InChI=1S/2C15H14O2.C14H14.C12H12N2.C8H10.CH4/c2*1-11-3-7-13(8-4-11)15(16)17-14-9-5-12(2)6-10-14;1-11-3-7-13(8-4-11)14-9-5-12(2)6-10-14;1-9-3-5-11(6-4-9)12-13-7-10(2)8-14-12;1-7-3-5-8(2)6-4-7;/h2*3-10H,1-2H3;3-10H,1-2H3;3-8H,1-2H3;3-6H,1-2H3;1H4. The molecule has 0 N–H and O–H groups in total. The van der Waals surface area contributed by atoms with Crippen molar-refractivity contribution in [2.45, 2.75) is 76.7 Å². The molecule has 0 saturated heterocycles. The molecule has 0 fully saturated rings. The minimum atomic E-state index is -0.325. The van der Waals surface area contributed by atoms with Crippen molar-refractivity contribution in [2.24, 2.45) is 0 Å². The molecular formula is C65H68N2O4. The van der Waals surface area contributed by atoms with Crippen molar-refractivity contribution >= 4 is 11.9 Å². The van der Waals surface area contributed by atoms with E-state index in [0.29, 0.717) is 22.6 Å². The van der Waals surface area contributed by atoms with Crippen LogP contribution in [0.3, 0.4) is 0 Å². The van der Waals surface area contributed by atoms with Gasteiger partial charge in [-0.3, -0.25) is 0 Å². The number of hydrogen-bond donors (Lipinski definition) is 0. The van der Waals surface area contributed by atoms with Gasteiger partial charge in [-0.25, -0.2) is 19.6 Å². The maximum Gasteiger partial charge on any atom is 0.343 e. The van der Waals surface area contributed by atoms with E-state index in [1.54, 1.807) is 48.5 Å². The molecule has 0 saturated carbocycles. The Morgan fingerprint density at radius 2 is 0.493 bits per heavy atom. The van der Waals surface area contributed by atoms with Crippen LogP contribution in [0.15, 0.2) is 207 Å². The van der Waals surface area contributed by atoms with Crippen molar-refractivity contribution in [1.29, 1.82) is 0 Å². The van der Waals surface area contributed by atoms with E-state index >= 15 is 0 Å². The third-order valence-corrected chi connectivity index (χ3v) is 10.8. The van der Waals surface area contributed by atoms with Gasteiger partial charge in [0, 0.05) is 18.0 Å². The summed E-state index contributed by atoms with van der Waals surface area (Å²) in [6.07, 6.45) is 3.67. The Kier molecular flexibility index (Phi) is 22.1. The first kappa shape index (κ1) is 55.4. The van der Waals surface area contributed by atoms with E-state index in [1.165, 1.54) is 38.9 Å². The summed E-state index contributed by atoms with van der Waals surface area (Å²) in [6, 6.07) is 63.4. The van der Waals surface area contributed by atoms with Crippen LogP contribution < -0.4 is 9.47 Å². The SMILES string of the molecule is C.Cc1ccc(-c2ccc(C)cc2)cc1.Cc1ccc(-c2ncc(C)cn2)cc1.Cc1ccc(C)cc1.Cc1ccc(OC(=O)c2ccc(C)cc2)cc1.Cc1ccc(OC(=O)c2ccc(C)cc2)cc1. The van der Waals surface area contributed by atoms with Crippen LogP contribution in [0.1, 0.15) is 83.8 Å². The van der Waals surface area contributed by atoms with Crippen LogP contribution in [-0.4, -0.2) is 21.9 Å². The molecule has 1 heterocycles. The second kappa shape index (κ2) is 28.3. The summed E-state index contributed by atoms with van der Waals surface area (Å²) in [5, 5.41) is 0. The summed E-state index contributed by atoms with van der Waals surface area (Å²) in [4.78, 5) is 32.1. The Balaban J connectivity index is 0.000000195. The zero-order chi connectivity index (χ0) is 50.4. The third-order valence-electron chi connectivity index (χ3n) is 10.8. The number of benzene rings is 8. The largest absolute Gasteiger partial charge is 0.423 e. The smallest absolute Gasteiger partial charge is 0.343 e. The van der Waals surface area contributed by atoms with E-state index in [9.17, 15) is 9.59 Å². The average molecular weight is 941 g/mol. The normalized spacial score (nSPS) is 9.83. The van der Waals surface area contributed by atoms with Crippen molar-refractivity contribution in [1.82, 2.24) is 9.97 Å². The summed E-state index contributed by atoms with van der Waals surface area (Å²) >= 11 is 0. The second-order valence-corrected chi connectivity index (χ2v) is 17.5. The maximum absolute atomic E-state index is 11.8. The van der Waals surface area contributed by atoms with Crippen LogP contribution in [0, 0.1) is 69.2 Å². The van der Waals surface area contributed by atoms with Gasteiger partial charge in [0.1, 0.15) is 11.5 Å². The molecule has 0 aliphatic heterocycles. The van der Waals surface area contributed by atoms with Gasteiger partial charge in [-0.1, -0.05) is 203 Å². The number of carbonyl (C=O) groups is 2. The predicted molar refractivity (Wildman–Crippen MR) is 296 cm³/mol. The highest BCUT2D eigenvalue weighted by Gasteiger charge is 2.09. The molecule has 8 aromatic carbocycles. The lowest BCUT2D eigenvalue weighted by atomic mass is 10.0. The van der Waals surface area contributed by atoms with E-state index in [-0.39, 0.29) is 19.4 Å². The monoisotopic (exact) mass is 941 g/mol. The summed E-state index contributed by atoms with van der Waals surface area (Å²) in [7, 11) is 0. The van der Waals surface area contributed by atoms with Gasteiger partial charge < -0.3 is 9.47 Å². The molecule has 0 atom stereocenters. The number of hydrogen-bond acceptors (Lipinski definition) is 6. The van der Waals surface area contributed by atoms with Crippen molar-refractivity contribution < 1.29 is 19.1 Å². The molecule has 0 amide bonds. The number of esters is 2. The molecule has 0 aliphatic carbocycles. The Hall–Kier alpha value is -8.22. The highest BCUT2D eigenvalue weighted by Crippen LogP contribution is 2.21. The molecule has 0 spiro atoms. The number of aryl methyl sites for hydroxylation is 10.